The molecule has 1 aliphatic heterocycles. The van der Waals surface area contributed by atoms with Crippen LogP contribution in [-0.2, 0) is 19.6 Å². The van der Waals surface area contributed by atoms with E-state index < -0.39 is 5.97 Å². The van der Waals surface area contributed by atoms with Gasteiger partial charge in [0, 0.05) is 32.0 Å². The molecule has 0 fully saturated rings. The minimum atomic E-state index is -0.867. The molecule has 98 valence electrons. The van der Waals surface area contributed by atoms with Crippen molar-refractivity contribution in [2.45, 2.75) is 19.6 Å². The van der Waals surface area contributed by atoms with Gasteiger partial charge in [0.25, 0.3) is 0 Å². The Morgan fingerprint density at radius 2 is 2.16 bits per heavy atom. The van der Waals surface area contributed by atoms with Gasteiger partial charge >= 0.3 is 5.97 Å². The lowest BCUT2D eigenvalue weighted by atomic mass is 10.1. The van der Waals surface area contributed by atoms with Crippen molar-refractivity contribution in [1.82, 2.24) is 14.5 Å². The second kappa shape index (κ2) is 4.85. The van der Waals surface area contributed by atoms with Crippen molar-refractivity contribution < 1.29 is 9.90 Å². The molecule has 5 nitrogen and oxygen atoms in total. The molecule has 0 bridgehead atoms. The van der Waals surface area contributed by atoms with E-state index in [9.17, 15) is 9.90 Å². The first-order valence-electron chi connectivity index (χ1n) is 6.27. The van der Waals surface area contributed by atoms with Crippen LogP contribution >= 0.6 is 0 Å². The molecule has 0 spiro atoms. The van der Waals surface area contributed by atoms with Crippen LogP contribution in [0.15, 0.2) is 36.7 Å². The summed E-state index contributed by atoms with van der Waals surface area (Å²) >= 11 is 0. The van der Waals surface area contributed by atoms with Crippen molar-refractivity contribution in [2.24, 2.45) is 0 Å². The highest BCUT2D eigenvalue weighted by atomic mass is 16.4. The number of aromatic carboxylic acids is 1. The summed E-state index contributed by atoms with van der Waals surface area (Å²) in [6.45, 7) is 3.23. The zero-order chi connectivity index (χ0) is 13.2. The van der Waals surface area contributed by atoms with Gasteiger partial charge in [0.1, 0.15) is 5.82 Å². The molecule has 0 amide bonds. The maximum absolute atomic E-state index is 11.2. The third kappa shape index (κ3) is 2.37. The van der Waals surface area contributed by atoms with E-state index in [0.717, 1.165) is 31.0 Å². The Morgan fingerprint density at radius 3 is 3.00 bits per heavy atom. The second-order valence-electron chi connectivity index (χ2n) is 4.71. The van der Waals surface area contributed by atoms with Gasteiger partial charge in [-0.3, -0.25) is 4.90 Å². The van der Waals surface area contributed by atoms with E-state index in [0.29, 0.717) is 12.1 Å². The van der Waals surface area contributed by atoms with Gasteiger partial charge in [0.2, 0.25) is 0 Å². The summed E-state index contributed by atoms with van der Waals surface area (Å²) in [5, 5.41) is 9.18. The first-order chi connectivity index (χ1) is 9.24. The Kier molecular flexibility index (Phi) is 3.05. The molecule has 1 aromatic carbocycles. The predicted molar refractivity (Wildman–Crippen MR) is 69.7 cm³/mol. The number of fused-ring (bicyclic) bond motifs is 1. The highest BCUT2D eigenvalue weighted by Crippen LogP contribution is 2.16. The Balaban J connectivity index is 1.78. The van der Waals surface area contributed by atoms with Crippen LogP contribution in [0.4, 0.5) is 0 Å². The summed E-state index contributed by atoms with van der Waals surface area (Å²) in [5.41, 5.74) is 1.24. The van der Waals surface area contributed by atoms with E-state index in [4.69, 9.17) is 0 Å². The number of benzene rings is 1. The van der Waals surface area contributed by atoms with Gasteiger partial charge in [-0.1, -0.05) is 18.2 Å². The Bertz CT molecular complexity index is 606. The van der Waals surface area contributed by atoms with Crippen LogP contribution in [0.25, 0.3) is 0 Å². The Hall–Kier alpha value is -2.14. The van der Waals surface area contributed by atoms with Crippen LogP contribution in [0.2, 0.25) is 0 Å². The maximum atomic E-state index is 11.2. The van der Waals surface area contributed by atoms with E-state index in [-0.39, 0.29) is 0 Å². The molecule has 0 saturated carbocycles. The lowest BCUT2D eigenvalue weighted by molar-refractivity contribution is 0.0694. The van der Waals surface area contributed by atoms with Gasteiger partial charge in [0.05, 0.1) is 12.1 Å². The summed E-state index contributed by atoms with van der Waals surface area (Å²) in [5.74, 6) is 0.174. The van der Waals surface area contributed by atoms with Crippen LogP contribution < -0.4 is 0 Å². The van der Waals surface area contributed by atoms with Crippen LogP contribution in [-0.4, -0.2) is 32.1 Å². The molecule has 1 N–H and O–H groups in total. The summed E-state index contributed by atoms with van der Waals surface area (Å²) in [6, 6.07) is 7.18. The number of aromatic nitrogens is 2. The molecular formula is C14H15N3O2. The highest BCUT2D eigenvalue weighted by molar-refractivity contribution is 5.89. The van der Waals surface area contributed by atoms with Crippen LogP contribution in [0.5, 0.6) is 0 Å². The number of hydrogen-bond donors (Lipinski definition) is 1. The van der Waals surface area contributed by atoms with Gasteiger partial charge in [-0.25, -0.2) is 9.78 Å². The molecular weight excluding hydrogens is 242 g/mol. The van der Waals surface area contributed by atoms with Gasteiger partial charge in [0.15, 0.2) is 0 Å². The number of hydrogen-bond acceptors (Lipinski definition) is 3. The van der Waals surface area contributed by atoms with E-state index in [2.05, 4.69) is 14.5 Å². The van der Waals surface area contributed by atoms with Crippen LogP contribution in [0, 0.1) is 0 Å². The normalized spacial score (nSPS) is 15.2. The Morgan fingerprint density at radius 1 is 1.32 bits per heavy atom. The molecule has 2 aromatic rings. The molecule has 1 aromatic heterocycles. The number of carboxylic acid groups (broad SMARTS) is 1. The minimum absolute atomic E-state index is 0.386. The number of rotatable bonds is 3. The van der Waals surface area contributed by atoms with Gasteiger partial charge < -0.3 is 9.67 Å². The molecule has 1 aliphatic rings. The molecule has 0 atom stereocenters. The summed E-state index contributed by atoms with van der Waals surface area (Å²) in [4.78, 5) is 17.7. The van der Waals surface area contributed by atoms with Crippen LogP contribution in [0.1, 0.15) is 21.7 Å². The topological polar surface area (TPSA) is 58.4 Å². The van der Waals surface area contributed by atoms with Crippen molar-refractivity contribution in [3.8, 4) is 0 Å². The van der Waals surface area contributed by atoms with Crippen molar-refractivity contribution >= 4 is 5.97 Å². The molecule has 0 aliphatic carbocycles. The SMILES string of the molecule is O=C(O)c1ccccc1CN1CCn2ccnc2C1. The largest absolute Gasteiger partial charge is 0.478 e. The fraction of sp³-hybridized carbons (Fsp3) is 0.286. The van der Waals surface area contributed by atoms with Gasteiger partial charge in [-0.15, -0.1) is 0 Å². The molecule has 0 unspecified atom stereocenters. The zero-order valence-electron chi connectivity index (χ0n) is 10.5. The number of carbonyl (C=O) groups is 1. The van der Waals surface area contributed by atoms with E-state index >= 15 is 0 Å². The number of nitrogens with zero attached hydrogens (tertiary/aromatic N) is 3. The fourth-order valence-corrected chi connectivity index (χ4v) is 2.47. The number of imidazole rings is 1. The van der Waals surface area contributed by atoms with E-state index in [1.54, 1.807) is 12.1 Å². The van der Waals surface area contributed by atoms with Gasteiger partial charge in [-0.05, 0) is 11.6 Å². The zero-order valence-corrected chi connectivity index (χ0v) is 10.5. The molecule has 19 heavy (non-hydrogen) atoms. The summed E-state index contributed by atoms with van der Waals surface area (Å²) in [7, 11) is 0. The van der Waals surface area contributed by atoms with E-state index in [1.165, 1.54) is 0 Å². The summed E-state index contributed by atoms with van der Waals surface area (Å²) in [6.07, 6.45) is 3.79. The Labute approximate surface area is 111 Å². The number of carboxylic acids is 1. The lowest BCUT2D eigenvalue weighted by Crippen LogP contribution is -2.33. The summed E-state index contributed by atoms with van der Waals surface area (Å²) < 4.78 is 2.14. The fourth-order valence-electron chi connectivity index (χ4n) is 2.47. The highest BCUT2D eigenvalue weighted by Gasteiger charge is 2.18. The second-order valence-corrected chi connectivity index (χ2v) is 4.71. The average Bonchev–Trinajstić information content (AvgIpc) is 2.86. The first kappa shape index (κ1) is 11.9. The average molecular weight is 257 g/mol. The molecule has 5 heteroatoms. The third-order valence-electron chi connectivity index (χ3n) is 3.47. The van der Waals surface area contributed by atoms with Crippen molar-refractivity contribution in [3.05, 3.63) is 53.6 Å². The standard InChI is InChI=1S/C14H15N3O2/c18-14(19)12-4-2-1-3-11(12)9-16-7-8-17-6-5-15-13(17)10-16/h1-6H,7-10H2,(H,18,19). The third-order valence-corrected chi connectivity index (χ3v) is 3.47. The van der Waals surface area contributed by atoms with Crippen LogP contribution in [0.3, 0.4) is 0 Å². The minimum Gasteiger partial charge on any atom is -0.478 e. The first-order valence-corrected chi connectivity index (χ1v) is 6.27. The van der Waals surface area contributed by atoms with Crippen molar-refractivity contribution in [1.29, 1.82) is 0 Å². The molecule has 0 radical (unpaired) electrons. The van der Waals surface area contributed by atoms with Crippen molar-refractivity contribution in [3.63, 3.8) is 0 Å². The molecule has 3 rings (SSSR count). The lowest BCUT2D eigenvalue weighted by Gasteiger charge is -2.27. The predicted octanol–water partition coefficient (Wildman–Crippen LogP) is 1.60. The quantitative estimate of drug-likeness (QED) is 0.907. The maximum Gasteiger partial charge on any atom is 0.336 e. The van der Waals surface area contributed by atoms with E-state index in [1.807, 2.05) is 24.5 Å². The monoisotopic (exact) mass is 257 g/mol. The van der Waals surface area contributed by atoms with Gasteiger partial charge in [-0.2, -0.15) is 0 Å². The van der Waals surface area contributed by atoms with Crippen molar-refractivity contribution in [2.75, 3.05) is 6.54 Å². The smallest absolute Gasteiger partial charge is 0.336 e. The molecule has 0 saturated heterocycles. The molecule has 2 heterocycles.